The van der Waals surface area contributed by atoms with Crippen LogP contribution in [0.25, 0.3) is 0 Å². The zero-order valence-electron chi connectivity index (χ0n) is 8.81. The summed E-state index contributed by atoms with van der Waals surface area (Å²) < 4.78 is 0. The van der Waals surface area contributed by atoms with Crippen molar-refractivity contribution in [1.29, 1.82) is 0 Å². The number of carbonyl (C=O) groups excluding carboxylic acids is 1. The fourth-order valence-electron chi connectivity index (χ4n) is 3.07. The summed E-state index contributed by atoms with van der Waals surface area (Å²) in [5.41, 5.74) is -0.0154. The van der Waals surface area contributed by atoms with Crippen LogP contribution in [-0.4, -0.2) is 5.78 Å². The molecule has 13 heavy (non-hydrogen) atoms. The largest absolute Gasteiger partial charge is 0.299 e. The third-order valence-corrected chi connectivity index (χ3v) is 4.05. The van der Waals surface area contributed by atoms with Gasteiger partial charge in [0.05, 0.1) is 0 Å². The Morgan fingerprint density at radius 3 is 2.62 bits per heavy atom. The van der Waals surface area contributed by atoms with Gasteiger partial charge < -0.3 is 0 Å². The van der Waals surface area contributed by atoms with E-state index in [-0.39, 0.29) is 5.41 Å². The van der Waals surface area contributed by atoms with Gasteiger partial charge in [-0.3, -0.25) is 4.79 Å². The minimum absolute atomic E-state index is 0.0154. The van der Waals surface area contributed by atoms with E-state index < -0.39 is 0 Å². The Hall–Kier alpha value is -0.330. The number of Topliss-reactive ketones (excluding diaryl/α,β-unsaturated/α-hetero) is 1. The third kappa shape index (κ3) is 1.53. The van der Waals surface area contributed by atoms with Crippen molar-refractivity contribution < 1.29 is 4.79 Å². The Bertz CT molecular complexity index is 217. The van der Waals surface area contributed by atoms with Gasteiger partial charge in [0.25, 0.3) is 0 Å². The van der Waals surface area contributed by atoms with Crippen LogP contribution in [0.2, 0.25) is 0 Å². The van der Waals surface area contributed by atoms with E-state index in [1.165, 1.54) is 32.1 Å². The highest BCUT2D eigenvalue weighted by atomic mass is 16.1. The van der Waals surface area contributed by atoms with Gasteiger partial charge in [-0.25, -0.2) is 0 Å². The highest BCUT2D eigenvalue weighted by Gasteiger charge is 2.43. The first-order valence-electron chi connectivity index (χ1n) is 5.65. The van der Waals surface area contributed by atoms with Crippen molar-refractivity contribution >= 4 is 5.78 Å². The summed E-state index contributed by atoms with van der Waals surface area (Å²) in [6, 6.07) is 0. The molecule has 2 fully saturated rings. The first kappa shape index (κ1) is 9.23. The average Bonchev–Trinajstić information content (AvgIpc) is 2.13. The predicted molar refractivity (Wildman–Crippen MR) is 53.5 cm³/mol. The lowest BCUT2D eigenvalue weighted by molar-refractivity contribution is -0.138. The van der Waals surface area contributed by atoms with Gasteiger partial charge in [0.15, 0.2) is 0 Å². The summed E-state index contributed by atoms with van der Waals surface area (Å²) >= 11 is 0. The molecule has 0 amide bonds. The predicted octanol–water partition coefficient (Wildman–Crippen LogP) is 3.18. The fourth-order valence-corrected chi connectivity index (χ4v) is 3.07. The first-order chi connectivity index (χ1) is 6.11. The van der Waals surface area contributed by atoms with Crippen molar-refractivity contribution in [3.63, 3.8) is 0 Å². The summed E-state index contributed by atoms with van der Waals surface area (Å²) in [6.07, 6.45) is 7.54. The van der Waals surface area contributed by atoms with Crippen LogP contribution in [0.4, 0.5) is 0 Å². The molecule has 0 bridgehead atoms. The van der Waals surface area contributed by atoms with Crippen LogP contribution in [0.3, 0.4) is 0 Å². The monoisotopic (exact) mass is 180 g/mol. The molecule has 0 aromatic rings. The lowest BCUT2D eigenvalue weighted by Gasteiger charge is -2.41. The van der Waals surface area contributed by atoms with Crippen LogP contribution >= 0.6 is 0 Å². The topological polar surface area (TPSA) is 17.1 Å². The lowest BCUT2D eigenvalue weighted by Crippen LogP contribution is -2.41. The summed E-state index contributed by atoms with van der Waals surface area (Å²) in [5.74, 6) is 1.73. The molecule has 0 aromatic carbocycles. The van der Waals surface area contributed by atoms with Gasteiger partial charge in [-0.2, -0.15) is 0 Å². The number of fused-ring (bicyclic) bond motifs is 1. The van der Waals surface area contributed by atoms with Gasteiger partial charge >= 0.3 is 0 Å². The van der Waals surface area contributed by atoms with Gasteiger partial charge in [-0.05, 0) is 31.6 Å². The summed E-state index contributed by atoms with van der Waals surface area (Å²) in [5, 5.41) is 0. The molecule has 0 saturated heterocycles. The quantitative estimate of drug-likeness (QED) is 0.559. The number of hydrogen-bond donors (Lipinski definition) is 0. The summed E-state index contributed by atoms with van der Waals surface area (Å²) in [6.45, 7) is 4.25. The third-order valence-electron chi connectivity index (χ3n) is 4.05. The second-order valence-electron chi connectivity index (χ2n) is 5.44. The Morgan fingerprint density at radius 2 is 1.85 bits per heavy atom. The van der Waals surface area contributed by atoms with Crippen molar-refractivity contribution in [3.05, 3.63) is 0 Å². The van der Waals surface area contributed by atoms with Gasteiger partial charge in [-0.15, -0.1) is 0 Å². The van der Waals surface area contributed by atoms with Crippen LogP contribution in [0, 0.1) is 17.3 Å². The van der Waals surface area contributed by atoms with E-state index in [1.54, 1.807) is 0 Å². The maximum absolute atomic E-state index is 12.1. The van der Waals surface area contributed by atoms with Crippen LogP contribution in [0.5, 0.6) is 0 Å². The molecule has 0 aliphatic heterocycles. The molecule has 2 rings (SSSR count). The van der Waals surface area contributed by atoms with Gasteiger partial charge in [-0.1, -0.05) is 26.7 Å². The van der Waals surface area contributed by atoms with Gasteiger partial charge in [0.2, 0.25) is 0 Å². The molecule has 74 valence electrons. The molecule has 0 heterocycles. The fraction of sp³-hybridized carbons (Fsp3) is 0.917. The molecular weight excluding hydrogens is 160 g/mol. The standard InChI is InChI=1S/C12H20O/c1-12(2)8-7-9-5-3-4-6-10(9)11(12)13/h9-10H,3-8H2,1-2H3/t9-,10-/m0/s1. The van der Waals surface area contributed by atoms with Crippen molar-refractivity contribution in [3.8, 4) is 0 Å². The molecule has 0 spiro atoms. The Morgan fingerprint density at radius 1 is 1.15 bits per heavy atom. The first-order valence-corrected chi connectivity index (χ1v) is 5.65. The van der Waals surface area contributed by atoms with Gasteiger partial charge in [0.1, 0.15) is 5.78 Å². The zero-order chi connectivity index (χ0) is 9.47. The Kier molecular flexibility index (Phi) is 2.21. The second kappa shape index (κ2) is 3.11. The van der Waals surface area contributed by atoms with Crippen molar-refractivity contribution in [2.75, 3.05) is 0 Å². The zero-order valence-corrected chi connectivity index (χ0v) is 8.81. The highest BCUT2D eigenvalue weighted by Crippen LogP contribution is 2.45. The minimum atomic E-state index is -0.0154. The van der Waals surface area contributed by atoms with Gasteiger partial charge in [0, 0.05) is 11.3 Å². The van der Waals surface area contributed by atoms with E-state index in [4.69, 9.17) is 0 Å². The number of carbonyl (C=O) groups is 1. The molecule has 0 unspecified atom stereocenters. The number of rotatable bonds is 0. The van der Waals surface area contributed by atoms with Crippen molar-refractivity contribution in [2.24, 2.45) is 17.3 Å². The molecule has 2 atom stereocenters. The normalized spacial score (nSPS) is 38.5. The summed E-state index contributed by atoms with van der Waals surface area (Å²) in [4.78, 5) is 12.1. The second-order valence-corrected chi connectivity index (χ2v) is 5.44. The molecule has 1 heteroatoms. The van der Waals surface area contributed by atoms with Crippen LogP contribution in [0.1, 0.15) is 52.4 Å². The SMILES string of the molecule is CC1(C)CC[C@@H]2CCCC[C@@H]2C1=O. The van der Waals surface area contributed by atoms with Crippen LogP contribution in [-0.2, 0) is 4.79 Å². The molecule has 2 saturated carbocycles. The maximum Gasteiger partial charge on any atom is 0.141 e. The molecule has 2 aliphatic rings. The van der Waals surface area contributed by atoms with Crippen LogP contribution in [0.15, 0.2) is 0 Å². The Labute approximate surface area is 80.9 Å². The summed E-state index contributed by atoms with van der Waals surface area (Å²) in [7, 11) is 0. The molecule has 0 aromatic heterocycles. The van der Waals surface area contributed by atoms with Crippen molar-refractivity contribution in [2.45, 2.75) is 52.4 Å². The number of ketones is 1. The van der Waals surface area contributed by atoms with Crippen molar-refractivity contribution in [1.82, 2.24) is 0 Å². The molecule has 0 radical (unpaired) electrons. The average molecular weight is 180 g/mol. The highest BCUT2D eigenvalue weighted by molar-refractivity contribution is 5.87. The van der Waals surface area contributed by atoms with Crippen LogP contribution < -0.4 is 0 Å². The molecular formula is C12H20O. The van der Waals surface area contributed by atoms with E-state index in [2.05, 4.69) is 13.8 Å². The smallest absolute Gasteiger partial charge is 0.141 e. The molecule has 0 N–H and O–H groups in total. The van der Waals surface area contributed by atoms with E-state index in [0.29, 0.717) is 11.7 Å². The molecule has 2 aliphatic carbocycles. The van der Waals surface area contributed by atoms with E-state index >= 15 is 0 Å². The minimum Gasteiger partial charge on any atom is -0.299 e. The lowest BCUT2D eigenvalue weighted by atomic mass is 9.62. The molecule has 1 nitrogen and oxygen atoms in total. The Balaban J connectivity index is 2.14. The number of hydrogen-bond acceptors (Lipinski definition) is 1. The van der Waals surface area contributed by atoms with E-state index in [9.17, 15) is 4.79 Å². The maximum atomic E-state index is 12.1. The van der Waals surface area contributed by atoms with E-state index in [0.717, 1.165) is 12.3 Å². The van der Waals surface area contributed by atoms with E-state index in [1.807, 2.05) is 0 Å².